The fourth-order valence-corrected chi connectivity index (χ4v) is 1.78. The highest BCUT2D eigenvalue weighted by Gasteiger charge is 2.05. The Kier molecular flexibility index (Phi) is 3.49. The van der Waals surface area contributed by atoms with E-state index in [4.69, 9.17) is 22.1 Å². The zero-order chi connectivity index (χ0) is 12.3. The molecule has 2 rings (SSSR count). The normalized spacial score (nSPS) is 11.8. The Labute approximate surface area is 105 Å². The molecular formula is C13H13ClN2O. The van der Waals surface area contributed by atoms with Gasteiger partial charge >= 0.3 is 0 Å². The lowest BCUT2D eigenvalue weighted by atomic mass is 10.1. The first-order valence-electron chi connectivity index (χ1n) is 5.21. The van der Waals surface area contributed by atoms with Crippen LogP contribution in [0.25, 0.3) is 10.8 Å². The van der Waals surface area contributed by atoms with Crippen LogP contribution in [0.2, 0.25) is 0 Å². The van der Waals surface area contributed by atoms with E-state index in [2.05, 4.69) is 4.99 Å². The lowest BCUT2D eigenvalue weighted by Crippen LogP contribution is -2.12. The summed E-state index contributed by atoms with van der Waals surface area (Å²) >= 11 is 5.63. The molecule has 4 heteroatoms. The number of methoxy groups -OCH3 is 1. The first-order valence-corrected chi connectivity index (χ1v) is 5.74. The molecule has 0 saturated heterocycles. The molecule has 0 aromatic heterocycles. The van der Waals surface area contributed by atoms with Gasteiger partial charge in [0.2, 0.25) is 0 Å². The van der Waals surface area contributed by atoms with Crippen molar-refractivity contribution in [2.75, 3.05) is 13.0 Å². The molecule has 0 fully saturated rings. The van der Waals surface area contributed by atoms with E-state index in [0.29, 0.717) is 5.84 Å². The number of hydrogen-bond acceptors (Lipinski definition) is 2. The predicted molar refractivity (Wildman–Crippen MR) is 72.5 cm³/mol. The molecule has 0 amide bonds. The van der Waals surface area contributed by atoms with Gasteiger partial charge in [-0.1, -0.05) is 24.3 Å². The van der Waals surface area contributed by atoms with E-state index in [1.54, 1.807) is 7.11 Å². The second kappa shape index (κ2) is 5.06. The predicted octanol–water partition coefficient (Wildman–Crippen LogP) is 3.08. The summed E-state index contributed by atoms with van der Waals surface area (Å²) in [6.07, 6.45) is 0. The second-order valence-corrected chi connectivity index (χ2v) is 3.84. The standard InChI is InChI=1S/C13H13ClN2O/c1-17-12-7-6-11(16-13(15)8-14)9-4-2-3-5-10(9)12/h2-7H,8H2,1H3,(H2,15,16). The number of fused-ring (bicyclic) bond motifs is 1. The zero-order valence-electron chi connectivity index (χ0n) is 9.48. The van der Waals surface area contributed by atoms with Crippen molar-refractivity contribution in [3.8, 4) is 5.75 Å². The van der Waals surface area contributed by atoms with Crippen molar-refractivity contribution < 1.29 is 4.74 Å². The first kappa shape index (κ1) is 11.7. The molecule has 0 heterocycles. The molecule has 0 aliphatic heterocycles. The molecule has 2 aromatic carbocycles. The maximum absolute atomic E-state index is 5.65. The third-order valence-electron chi connectivity index (χ3n) is 2.48. The minimum atomic E-state index is 0.223. The molecule has 0 aliphatic rings. The van der Waals surface area contributed by atoms with Crippen LogP contribution in [0.3, 0.4) is 0 Å². The second-order valence-electron chi connectivity index (χ2n) is 3.57. The van der Waals surface area contributed by atoms with E-state index in [0.717, 1.165) is 22.2 Å². The zero-order valence-corrected chi connectivity index (χ0v) is 10.2. The van der Waals surface area contributed by atoms with Gasteiger partial charge in [-0.05, 0) is 12.1 Å². The summed E-state index contributed by atoms with van der Waals surface area (Å²) in [5.74, 6) is 1.45. The van der Waals surface area contributed by atoms with E-state index in [1.165, 1.54) is 0 Å². The van der Waals surface area contributed by atoms with Crippen molar-refractivity contribution >= 4 is 33.9 Å². The highest BCUT2D eigenvalue weighted by atomic mass is 35.5. The van der Waals surface area contributed by atoms with Crippen molar-refractivity contribution in [1.82, 2.24) is 0 Å². The van der Waals surface area contributed by atoms with Crippen LogP contribution in [-0.4, -0.2) is 18.8 Å². The number of ether oxygens (including phenoxy) is 1. The van der Waals surface area contributed by atoms with E-state index in [1.807, 2.05) is 36.4 Å². The van der Waals surface area contributed by atoms with Gasteiger partial charge in [-0.15, -0.1) is 11.6 Å². The van der Waals surface area contributed by atoms with E-state index in [-0.39, 0.29) is 5.88 Å². The van der Waals surface area contributed by atoms with Crippen molar-refractivity contribution in [1.29, 1.82) is 0 Å². The van der Waals surface area contributed by atoms with Gasteiger partial charge in [0, 0.05) is 10.8 Å². The Balaban J connectivity index is 2.67. The minimum Gasteiger partial charge on any atom is -0.496 e. The maximum Gasteiger partial charge on any atom is 0.126 e. The smallest absolute Gasteiger partial charge is 0.126 e. The first-order chi connectivity index (χ1) is 8.26. The number of aliphatic imine (C=N–C) groups is 1. The molecule has 0 aliphatic carbocycles. The SMILES string of the molecule is COc1ccc(N=C(N)CCl)c2ccccc12. The molecule has 88 valence electrons. The minimum absolute atomic E-state index is 0.223. The summed E-state index contributed by atoms with van der Waals surface area (Å²) in [5.41, 5.74) is 6.46. The number of hydrogen-bond donors (Lipinski definition) is 1. The topological polar surface area (TPSA) is 47.6 Å². The van der Waals surface area contributed by atoms with Gasteiger partial charge in [0.1, 0.15) is 11.6 Å². The summed E-state index contributed by atoms with van der Waals surface area (Å²) in [7, 11) is 1.65. The fraction of sp³-hybridized carbons (Fsp3) is 0.154. The number of nitrogens with two attached hydrogens (primary N) is 1. The number of rotatable bonds is 3. The molecule has 17 heavy (non-hydrogen) atoms. The van der Waals surface area contributed by atoms with Gasteiger partial charge < -0.3 is 10.5 Å². The van der Waals surface area contributed by atoms with Gasteiger partial charge in [-0.3, -0.25) is 0 Å². The van der Waals surface area contributed by atoms with Crippen molar-refractivity contribution in [2.45, 2.75) is 0 Å². The molecule has 0 saturated carbocycles. The quantitative estimate of drug-likeness (QED) is 0.516. The molecule has 0 spiro atoms. The molecular weight excluding hydrogens is 236 g/mol. The summed E-state index contributed by atoms with van der Waals surface area (Å²) in [6, 6.07) is 11.6. The number of benzene rings is 2. The summed E-state index contributed by atoms with van der Waals surface area (Å²) in [4.78, 5) is 4.29. The Morgan fingerprint density at radius 3 is 2.59 bits per heavy atom. The van der Waals surface area contributed by atoms with Gasteiger partial charge in [0.15, 0.2) is 0 Å². The largest absolute Gasteiger partial charge is 0.496 e. The summed E-state index contributed by atoms with van der Waals surface area (Å²) in [5, 5.41) is 2.01. The van der Waals surface area contributed by atoms with Crippen molar-refractivity contribution in [2.24, 2.45) is 10.7 Å². The third-order valence-corrected chi connectivity index (χ3v) is 2.76. The van der Waals surface area contributed by atoms with Crippen LogP contribution in [0, 0.1) is 0 Å². The van der Waals surface area contributed by atoms with Crippen LogP contribution < -0.4 is 10.5 Å². The van der Waals surface area contributed by atoms with E-state index < -0.39 is 0 Å². The van der Waals surface area contributed by atoms with Crippen molar-refractivity contribution in [3.63, 3.8) is 0 Å². The fourth-order valence-electron chi connectivity index (χ4n) is 1.72. The molecule has 2 N–H and O–H groups in total. The van der Waals surface area contributed by atoms with Crippen LogP contribution in [-0.2, 0) is 0 Å². The monoisotopic (exact) mass is 248 g/mol. The molecule has 0 atom stereocenters. The van der Waals surface area contributed by atoms with Crippen LogP contribution >= 0.6 is 11.6 Å². The van der Waals surface area contributed by atoms with Crippen LogP contribution in [0.1, 0.15) is 0 Å². The van der Waals surface area contributed by atoms with Crippen molar-refractivity contribution in [3.05, 3.63) is 36.4 Å². The third kappa shape index (κ3) is 2.34. The number of amidine groups is 1. The lowest BCUT2D eigenvalue weighted by molar-refractivity contribution is 0.420. The van der Waals surface area contributed by atoms with Crippen LogP contribution in [0.5, 0.6) is 5.75 Å². The van der Waals surface area contributed by atoms with E-state index in [9.17, 15) is 0 Å². The highest BCUT2D eigenvalue weighted by molar-refractivity contribution is 6.28. The van der Waals surface area contributed by atoms with Crippen LogP contribution in [0.4, 0.5) is 5.69 Å². The summed E-state index contributed by atoms with van der Waals surface area (Å²) in [6.45, 7) is 0. The highest BCUT2D eigenvalue weighted by Crippen LogP contribution is 2.32. The molecule has 0 unspecified atom stereocenters. The Bertz CT molecular complexity index is 566. The Morgan fingerprint density at radius 1 is 1.24 bits per heavy atom. The maximum atomic E-state index is 5.65. The molecule has 0 bridgehead atoms. The average molecular weight is 249 g/mol. The lowest BCUT2D eigenvalue weighted by Gasteiger charge is -2.07. The molecule has 0 radical (unpaired) electrons. The average Bonchev–Trinajstić information content (AvgIpc) is 2.39. The van der Waals surface area contributed by atoms with E-state index >= 15 is 0 Å². The number of nitrogens with zero attached hydrogens (tertiary/aromatic N) is 1. The van der Waals surface area contributed by atoms with Gasteiger partial charge in [0.25, 0.3) is 0 Å². The number of alkyl halides is 1. The molecule has 2 aromatic rings. The van der Waals surface area contributed by atoms with Crippen LogP contribution in [0.15, 0.2) is 41.4 Å². The Morgan fingerprint density at radius 2 is 1.94 bits per heavy atom. The Hall–Kier alpha value is -1.74. The van der Waals surface area contributed by atoms with Gasteiger partial charge in [-0.25, -0.2) is 4.99 Å². The van der Waals surface area contributed by atoms with Gasteiger partial charge in [0.05, 0.1) is 18.7 Å². The number of halogens is 1. The van der Waals surface area contributed by atoms with Gasteiger partial charge in [-0.2, -0.15) is 0 Å². The molecule has 3 nitrogen and oxygen atoms in total. The summed E-state index contributed by atoms with van der Waals surface area (Å²) < 4.78 is 5.31.